The van der Waals surface area contributed by atoms with Crippen LogP contribution in [0, 0.1) is 5.92 Å². The Labute approximate surface area is 164 Å². The Morgan fingerprint density at radius 1 is 1.26 bits per heavy atom. The van der Waals surface area contributed by atoms with Gasteiger partial charge in [0.25, 0.3) is 0 Å². The predicted octanol–water partition coefficient (Wildman–Crippen LogP) is 2.61. The van der Waals surface area contributed by atoms with Gasteiger partial charge in [-0.15, -0.1) is 0 Å². The van der Waals surface area contributed by atoms with Crippen molar-refractivity contribution in [2.24, 2.45) is 10.9 Å². The zero-order valence-corrected chi connectivity index (χ0v) is 17.8. The second-order valence-corrected chi connectivity index (χ2v) is 8.81. The van der Waals surface area contributed by atoms with Crippen LogP contribution in [0.15, 0.2) is 11.2 Å². The Balaban J connectivity index is 1.49. The van der Waals surface area contributed by atoms with Gasteiger partial charge in [-0.1, -0.05) is 0 Å². The van der Waals surface area contributed by atoms with E-state index in [4.69, 9.17) is 5.10 Å². The summed E-state index contributed by atoms with van der Waals surface area (Å²) in [6.45, 7) is 12.4. The lowest BCUT2D eigenvalue weighted by Gasteiger charge is -2.35. The van der Waals surface area contributed by atoms with Crippen LogP contribution in [0.25, 0.3) is 0 Å². The van der Waals surface area contributed by atoms with Crippen molar-refractivity contribution in [2.75, 3.05) is 26.7 Å². The van der Waals surface area contributed by atoms with E-state index in [9.17, 15) is 0 Å². The summed E-state index contributed by atoms with van der Waals surface area (Å²) in [6.07, 6.45) is 8.07. The van der Waals surface area contributed by atoms with Crippen molar-refractivity contribution in [3.8, 4) is 0 Å². The van der Waals surface area contributed by atoms with Gasteiger partial charge in [-0.05, 0) is 71.4 Å². The number of guanidine groups is 1. The van der Waals surface area contributed by atoms with E-state index in [0.29, 0.717) is 24.0 Å². The Hall–Kier alpha value is -1.56. The molecule has 27 heavy (non-hydrogen) atoms. The second kappa shape index (κ2) is 9.09. The molecule has 0 spiro atoms. The summed E-state index contributed by atoms with van der Waals surface area (Å²) >= 11 is 0. The van der Waals surface area contributed by atoms with E-state index < -0.39 is 0 Å². The van der Waals surface area contributed by atoms with Crippen molar-refractivity contribution >= 4 is 5.96 Å². The zero-order chi connectivity index (χ0) is 19.4. The molecule has 1 aromatic rings. The minimum absolute atomic E-state index is 0.415. The van der Waals surface area contributed by atoms with Crippen molar-refractivity contribution in [1.82, 2.24) is 25.3 Å². The number of piperidine rings is 1. The van der Waals surface area contributed by atoms with Crippen LogP contribution in [0.2, 0.25) is 0 Å². The molecular weight excluding hydrogens is 336 g/mol. The summed E-state index contributed by atoms with van der Waals surface area (Å²) in [5.41, 5.74) is 2.67. The van der Waals surface area contributed by atoms with Gasteiger partial charge in [-0.25, -0.2) is 0 Å². The first-order valence-corrected chi connectivity index (χ1v) is 10.7. The lowest BCUT2D eigenvalue weighted by Crippen LogP contribution is -2.49. The molecule has 3 rings (SSSR count). The zero-order valence-electron chi connectivity index (χ0n) is 17.8. The number of likely N-dealkylation sites (tertiary alicyclic amines) is 1. The molecule has 0 amide bonds. The fourth-order valence-corrected chi connectivity index (χ4v) is 4.26. The van der Waals surface area contributed by atoms with Crippen molar-refractivity contribution in [3.63, 3.8) is 0 Å². The first-order valence-electron chi connectivity index (χ1n) is 10.7. The van der Waals surface area contributed by atoms with Crippen LogP contribution in [-0.4, -0.2) is 59.4 Å². The van der Waals surface area contributed by atoms with E-state index in [1.54, 1.807) is 0 Å². The minimum atomic E-state index is 0.415. The first-order chi connectivity index (χ1) is 13.0. The first kappa shape index (κ1) is 20.2. The van der Waals surface area contributed by atoms with Gasteiger partial charge in [0.15, 0.2) is 5.96 Å². The summed E-state index contributed by atoms with van der Waals surface area (Å²) in [7, 11) is 1.87. The molecule has 1 aliphatic heterocycles. The highest BCUT2D eigenvalue weighted by Crippen LogP contribution is 2.22. The summed E-state index contributed by atoms with van der Waals surface area (Å²) in [6, 6.07) is 1.49. The van der Waals surface area contributed by atoms with E-state index in [2.05, 4.69) is 59.1 Å². The highest BCUT2D eigenvalue weighted by molar-refractivity contribution is 5.80. The molecule has 1 fully saturated rings. The normalized spacial score (nSPS) is 24.3. The molecule has 2 heterocycles. The van der Waals surface area contributed by atoms with Gasteiger partial charge in [-0.3, -0.25) is 9.67 Å². The molecule has 0 aromatic carbocycles. The number of hydrogen-bond acceptors (Lipinski definition) is 3. The van der Waals surface area contributed by atoms with Crippen molar-refractivity contribution < 1.29 is 0 Å². The van der Waals surface area contributed by atoms with Crippen LogP contribution in [0.3, 0.4) is 0 Å². The fourth-order valence-electron chi connectivity index (χ4n) is 4.26. The van der Waals surface area contributed by atoms with Crippen LogP contribution in [0.1, 0.15) is 64.3 Å². The van der Waals surface area contributed by atoms with E-state index in [1.807, 2.05) is 7.05 Å². The lowest BCUT2D eigenvalue weighted by atomic mass is 9.94. The molecule has 2 unspecified atom stereocenters. The van der Waals surface area contributed by atoms with E-state index >= 15 is 0 Å². The van der Waals surface area contributed by atoms with Gasteiger partial charge in [0, 0.05) is 50.9 Å². The number of nitrogens with zero attached hydrogens (tertiary/aromatic N) is 4. The van der Waals surface area contributed by atoms with Gasteiger partial charge < -0.3 is 15.5 Å². The van der Waals surface area contributed by atoms with E-state index in [-0.39, 0.29) is 0 Å². The molecule has 2 atom stereocenters. The molecule has 0 saturated carbocycles. The molecule has 1 aliphatic carbocycles. The second-order valence-electron chi connectivity index (χ2n) is 8.81. The van der Waals surface area contributed by atoms with Gasteiger partial charge >= 0.3 is 0 Å². The Bertz CT molecular complexity index is 633. The van der Waals surface area contributed by atoms with Gasteiger partial charge in [0.05, 0.1) is 5.69 Å². The smallest absolute Gasteiger partial charge is 0.191 e. The maximum atomic E-state index is 4.79. The topological polar surface area (TPSA) is 57.5 Å². The highest BCUT2D eigenvalue weighted by Gasteiger charge is 2.24. The van der Waals surface area contributed by atoms with Crippen molar-refractivity contribution in [1.29, 1.82) is 0 Å². The average molecular weight is 375 g/mol. The molecule has 6 heteroatoms. The van der Waals surface area contributed by atoms with Gasteiger partial charge in [0.1, 0.15) is 0 Å². The summed E-state index contributed by atoms with van der Waals surface area (Å²) in [4.78, 5) is 7.06. The third kappa shape index (κ3) is 5.24. The largest absolute Gasteiger partial charge is 0.356 e. The van der Waals surface area contributed by atoms with Gasteiger partial charge in [0.2, 0.25) is 0 Å². The number of aliphatic imine (C=N–C) groups is 1. The number of nitrogens with one attached hydrogen (secondary N) is 2. The third-order valence-corrected chi connectivity index (χ3v) is 6.03. The third-order valence-electron chi connectivity index (χ3n) is 6.03. The minimum Gasteiger partial charge on any atom is -0.356 e. The fraction of sp³-hybridized carbons (Fsp3) is 0.810. The standard InChI is InChI=1S/C21H38N6/c1-15(2)26-10-6-7-17(13-26)12-23-21(22-5)24-19-9-8-18-14-27(16(3)4)25-20(18)11-19/h14-17,19H,6-13H2,1-5H3,(H2,22,23,24). The summed E-state index contributed by atoms with van der Waals surface area (Å²) in [5, 5.41) is 12.0. The molecular formula is C21H38N6. The average Bonchev–Trinajstić information content (AvgIpc) is 3.09. The van der Waals surface area contributed by atoms with Crippen LogP contribution < -0.4 is 10.6 Å². The van der Waals surface area contributed by atoms with E-state index in [1.165, 1.54) is 37.2 Å². The molecule has 0 bridgehead atoms. The maximum absolute atomic E-state index is 4.79. The maximum Gasteiger partial charge on any atom is 0.191 e. The molecule has 2 N–H and O–H groups in total. The van der Waals surface area contributed by atoms with Crippen LogP contribution in [-0.2, 0) is 12.8 Å². The lowest BCUT2D eigenvalue weighted by molar-refractivity contribution is 0.141. The number of fused-ring (bicyclic) bond motifs is 1. The highest BCUT2D eigenvalue weighted by atomic mass is 15.3. The Kier molecular flexibility index (Phi) is 6.79. The van der Waals surface area contributed by atoms with Crippen LogP contribution >= 0.6 is 0 Å². The van der Waals surface area contributed by atoms with Gasteiger partial charge in [-0.2, -0.15) is 5.10 Å². The quantitative estimate of drug-likeness (QED) is 0.614. The number of hydrogen-bond donors (Lipinski definition) is 2. The molecule has 2 aliphatic rings. The van der Waals surface area contributed by atoms with Crippen LogP contribution in [0.4, 0.5) is 0 Å². The van der Waals surface area contributed by atoms with Crippen LogP contribution in [0.5, 0.6) is 0 Å². The SMILES string of the molecule is CN=C(NCC1CCCN(C(C)C)C1)NC1CCc2cn(C(C)C)nc2C1. The molecule has 1 aromatic heterocycles. The summed E-state index contributed by atoms with van der Waals surface area (Å²) in [5.74, 6) is 1.65. The summed E-state index contributed by atoms with van der Waals surface area (Å²) < 4.78 is 2.10. The molecule has 0 radical (unpaired) electrons. The molecule has 1 saturated heterocycles. The number of aromatic nitrogens is 2. The monoisotopic (exact) mass is 374 g/mol. The predicted molar refractivity (Wildman–Crippen MR) is 112 cm³/mol. The van der Waals surface area contributed by atoms with Crippen molar-refractivity contribution in [3.05, 3.63) is 17.5 Å². The number of aryl methyl sites for hydroxylation is 1. The number of rotatable bonds is 5. The molecule has 152 valence electrons. The Morgan fingerprint density at radius 2 is 2.07 bits per heavy atom. The van der Waals surface area contributed by atoms with Crippen molar-refractivity contribution in [2.45, 2.75) is 77.9 Å². The van der Waals surface area contributed by atoms with E-state index in [0.717, 1.165) is 31.8 Å². The molecule has 6 nitrogen and oxygen atoms in total. The Morgan fingerprint density at radius 3 is 2.78 bits per heavy atom.